The molecule has 1 aromatic carbocycles. The van der Waals surface area contributed by atoms with Crippen LogP contribution in [-0.4, -0.2) is 40.3 Å². The van der Waals surface area contributed by atoms with Gasteiger partial charge in [0.05, 0.1) is 13.6 Å². The van der Waals surface area contributed by atoms with Crippen molar-refractivity contribution in [1.82, 2.24) is 34.3 Å². The van der Waals surface area contributed by atoms with E-state index in [9.17, 15) is 8.78 Å². The molecule has 0 unspecified atom stereocenters. The van der Waals surface area contributed by atoms with Crippen LogP contribution in [0.2, 0.25) is 0 Å². The monoisotopic (exact) mass is 434 g/mol. The van der Waals surface area contributed by atoms with Crippen LogP contribution < -0.4 is 4.90 Å². The Hall–Kier alpha value is -3.69. The van der Waals surface area contributed by atoms with Gasteiger partial charge in [0.1, 0.15) is 29.5 Å². The summed E-state index contributed by atoms with van der Waals surface area (Å²) in [7, 11) is 0. The van der Waals surface area contributed by atoms with Crippen LogP contribution in [0, 0.1) is 11.6 Å². The van der Waals surface area contributed by atoms with Crippen molar-refractivity contribution in [2.45, 2.75) is 39.0 Å². The van der Waals surface area contributed by atoms with Gasteiger partial charge in [0.15, 0.2) is 11.6 Å². The fraction of sp³-hybridized carbons (Fsp3) is 0.286. The van der Waals surface area contributed by atoms with Crippen molar-refractivity contribution in [1.29, 1.82) is 0 Å². The summed E-state index contributed by atoms with van der Waals surface area (Å²) in [5.74, 6) is -3.50. The van der Waals surface area contributed by atoms with Crippen LogP contribution in [0.15, 0.2) is 43.1 Å². The van der Waals surface area contributed by atoms with Crippen LogP contribution >= 0.6 is 0 Å². The number of benzene rings is 1. The molecule has 0 aliphatic carbocycles. The Morgan fingerprint density at radius 3 is 2.81 bits per heavy atom. The van der Waals surface area contributed by atoms with Crippen molar-refractivity contribution in [3.8, 4) is 23.0 Å². The minimum Gasteiger partial charge on any atom is -0.342 e. The smallest absolute Gasteiger partial charge is 0.237 e. The molecule has 5 rings (SSSR count). The first-order valence-electron chi connectivity index (χ1n) is 14.8. The lowest BCUT2D eigenvalue weighted by atomic mass is 10.1. The van der Waals surface area contributed by atoms with Crippen LogP contribution in [-0.2, 0) is 0 Å². The average Bonchev–Trinajstić information content (AvgIpc) is 3.54. The van der Waals surface area contributed by atoms with E-state index in [2.05, 4.69) is 25.1 Å². The zero-order chi connectivity index (χ0) is 31.9. The summed E-state index contributed by atoms with van der Waals surface area (Å²) in [6.45, 7) is -10.9. The van der Waals surface area contributed by atoms with Gasteiger partial charge >= 0.3 is 0 Å². The van der Waals surface area contributed by atoms with Gasteiger partial charge in [0.25, 0.3) is 0 Å². The Balaban J connectivity index is 1.85. The van der Waals surface area contributed by atoms with Crippen molar-refractivity contribution >= 4 is 5.82 Å². The highest BCUT2D eigenvalue weighted by Gasteiger charge is 2.35. The lowest BCUT2D eigenvalue weighted by molar-refractivity contribution is 0.497. The minimum absolute atomic E-state index is 0.0572. The molecule has 31 heavy (non-hydrogen) atoms. The zero-order valence-corrected chi connectivity index (χ0v) is 15.5. The minimum atomic E-state index is -3.72. The molecule has 0 radical (unpaired) electrons. The Morgan fingerprint density at radius 2 is 2.03 bits per heavy atom. The lowest BCUT2D eigenvalue weighted by Crippen LogP contribution is -2.40. The molecule has 1 aliphatic rings. The van der Waals surface area contributed by atoms with Gasteiger partial charge in [-0.3, -0.25) is 9.13 Å². The maximum atomic E-state index is 14.0. The molecule has 0 saturated carbocycles. The van der Waals surface area contributed by atoms with Gasteiger partial charge in [0, 0.05) is 45.1 Å². The third kappa shape index (κ3) is 3.06. The van der Waals surface area contributed by atoms with Gasteiger partial charge in [-0.1, -0.05) is 6.85 Å². The van der Waals surface area contributed by atoms with Crippen LogP contribution in [0.3, 0.4) is 0 Å². The molecule has 8 nitrogen and oxygen atoms in total. The normalized spacial score (nSPS) is 23.0. The van der Waals surface area contributed by atoms with E-state index < -0.39 is 62.3 Å². The fourth-order valence-corrected chi connectivity index (χ4v) is 3.40. The molecule has 1 aliphatic heterocycles. The standard InChI is InChI=1S/C21H20F2N8/c1-4-16-20-28-26-11-30(20)17-10-25-21(27-19(17)31(16)12(2)3)29-6-5-24-18(29)13-7-14(22)9-15(23)8-13/h5-12,16H,4H2,1-3H3/t16-/m0/s1/i1D3,2D3,3D3,4D2,12D. The summed E-state index contributed by atoms with van der Waals surface area (Å²) in [6.07, 6.45) is 1.17. The molecule has 4 heterocycles. The van der Waals surface area contributed by atoms with Crippen LogP contribution in [0.5, 0.6) is 0 Å². The van der Waals surface area contributed by atoms with E-state index in [1.165, 1.54) is 12.4 Å². The second kappa shape index (κ2) is 7.22. The molecule has 4 aromatic rings. The SMILES string of the molecule is [2H]C([2H])([2H])C([2H])([2H])[C@H]1c2nncn2-c2cnc(-n3ccnc3-c3cc(F)cc(F)c3)nc2N1C([2H])(C([2H])([2H])[2H])C([2H])([2H])[2H]. The predicted octanol–water partition coefficient (Wildman–Crippen LogP) is 3.87. The molecule has 3 aromatic heterocycles. The number of halogens is 2. The summed E-state index contributed by atoms with van der Waals surface area (Å²) < 4.78 is 129. The van der Waals surface area contributed by atoms with E-state index in [-0.39, 0.29) is 27.9 Å². The molecule has 1 atom stereocenters. The Morgan fingerprint density at radius 1 is 1.19 bits per heavy atom. The maximum Gasteiger partial charge on any atom is 0.237 e. The van der Waals surface area contributed by atoms with E-state index in [1.54, 1.807) is 0 Å². The number of nitrogens with zero attached hydrogens (tertiary/aromatic N) is 8. The van der Waals surface area contributed by atoms with E-state index in [4.69, 9.17) is 16.4 Å². The van der Waals surface area contributed by atoms with Crippen molar-refractivity contribution in [2.24, 2.45) is 0 Å². The molecular formula is C21H20F2N8. The quantitative estimate of drug-likeness (QED) is 0.485. The number of fused-ring (bicyclic) bond motifs is 3. The second-order valence-electron chi connectivity index (χ2n) is 6.48. The van der Waals surface area contributed by atoms with Crippen LogP contribution in [0.1, 0.15) is 55.2 Å². The van der Waals surface area contributed by atoms with E-state index in [0.717, 1.165) is 33.8 Å². The van der Waals surface area contributed by atoms with E-state index in [1.807, 2.05) is 0 Å². The van der Waals surface area contributed by atoms with Gasteiger partial charge in [0.2, 0.25) is 5.95 Å². The van der Waals surface area contributed by atoms with Crippen LogP contribution in [0.4, 0.5) is 14.6 Å². The van der Waals surface area contributed by atoms with Crippen molar-refractivity contribution in [2.75, 3.05) is 4.90 Å². The summed E-state index contributed by atoms with van der Waals surface area (Å²) in [5.41, 5.74) is -0.261. The van der Waals surface area contributed by atoms with Gasteiger partial charge in [-0.05, 0) is 32.2 Å². The van der Waals surface area contributed by atoms with E-state index >= 15 is 0 Å². The van der Waals surface area contributed by atoms with Gasteiger partial charge in [-0.2, -0.15) is 4.98 Å². The van der Waals surface area contributed by atoms with Gasteiger partial charge in [-0.25, -0.2) is 18.7 Å². The summed E-state index contributed by atoms with van der Waals surface area (Å²) in [6, 6.07) is -3.48. The Bertz CT molecular complexity index is 1660. The molecule has 0 amide bonds. The Labute approximate surface area is 194 Å². The number of imidazole rings is 1. The molecular weight excluding hydrogens is 402 g/mol. The number of aromatic nitrogens is 7. The highest BCUT2D eigenvalue weighted by Crippen LogP contribution is 2.39. The molecule has 0 N–H and O–H groups in total. The zero-order valence-electron chi connectivity index (χ0n) is 27.5. The number of hydrogen-bond donors (Lipinski definition) is 0. The number of anilines is 1. The maximum absolute atomic E-state index is 14.0. The highest BCUT2D eigenvalue weighted by molar-refractivity contribution is 5.63. The summed E-state index contributed by atoms with van der Waals surface area (Å²) in [5, 5.41) is 7.46. The average molecular weight is 435 g/mol. The van der Waals surface area contributed by atoms with Crippen LogP contribution in [0.25, 0.3) is 23.0 Å². The molecule has 158 valence electrons. The molecule has 0 spiro atoms. The third-order valence-corrected chi connectivity index (χ3v) is 4.66. The lowest BCUT2D eigenvalue weighted by Gasteiger charge is -2.39. The topological polar surface area (TPSA) is 77.5 Å². The molecule has 0 bridgehead atoms. The summed E-state index contributed by atoms with van der Waals surface area (Å²) >= 11 is 0. The van der Waals surface area contributed by atoms with E-state index in [0.29, 0.717) is 6.07 Å². The first kappa shape index (κ1) is 10.1. The van der Waals surface area contributed by atoms with Crippen molar-refractivity contribution in [3.05, 3.63) is 60.6 Å². The molecule has 0 fully saturated rings. The number of rotatable bonds is 4. The first-order chi connectivity index (χ1) is 19.7. The third-order valence-electron chi connectivity index (χ3n) is 4.66. The number of hydrogen-bond acceptors (Lipinski definition) is 6. The van der Waals surface area contributed by atoms with Gasteiger partial charge < -0.3 is 4.90 Å². The van der Waals surface area contributed by atoms with Crippen molar-refractivity contribution in [3.63, 3.8) is 0 Å². The highest BCUT2D eigenvalue weighted by atomic mass is 19.1. The second-order valence-corrected chi connectivity index (χ2v) is 6.48. The first-order valence-corrected chi connectivity index (χ1v) is 8.77. The van der Waals surface area contributed by atoms with Gasteiger partial charge in [-0.15, -0.1) is 10.2 Å². The molecule has 0 saturated heterocycles. The predicted molar refractivity (Wildman–Crippen MR) is 110 cm³/mol. The summed E-state index contributed by atoms with van der Waals surface area (Å²) in [4.78, 5) is 12.8. The largest absolute Gasteiger partial charge is 0.342 e. The molecule has 10 heteroatoms. The Kier molecular flexibility index (Phi) is 2.35. The van der Waals surface area contributed by atoms with Crippen molar-refractivity contribution < 1.29 is 25.2 Å². The fourth-order valence-electron chi connectivity index (χ4n) is 3.40.